The SMILES string of the molecule is CNCCC1CCN(C(=O)c2ccc(F)cc2)C1. The van der Waals surface area contributed by atoms with Gasteiger partial charge in [0, 0.05) is 18.7 Å². The monoisotopic (exact) mass is 250 g/mol. The van der Waals surface area contributed by atoms with Crippen LogP contribution in [-0.4, -0.2) is 37.5 Å². The highest BCUT2D eigenvalue weighted by Crippen LogP contribution is 2.21. The van der Waals surface area contributed by atoms with E-state index in [4.69, 9.17) is 0 Å². The number of nitrogens with one attached hydrogen (secondary N) is 1. The van der Waals surface area contributed by atoms with E-state index < -0.39 is 0 Å². The predicted molar refractivity (Wildman–Crippen MR) is 69.0 cm³/mol. The van der Waals surface area contributed by atoms with Gasteiger partial charge in [0.1, 0.15) is 5.82 Å². The lowest BCUT2D eigenvalue weighted by molar-refractivity contribution is 0.0786. The Balaban J connectivity index is 1.93. The van der Waals surface area contributed by atoms with Crippen molar-refractivity contribution in [1.29, 1.82) is 0 Å². The minimum Gasteiger partial charge on any atom is -0.338 e. The molecule has 1 atom stereocenters. The van der Waals surface area contributed by atoms with Gasteiger partial charge in [0.05, 0.1) is 0 Å². The van der Waals surface area contributed by atoms with Crippen molar-refractivity contribution in [1.82, 2.24) is 10.2 Å². The van der Waals surface area contributed by atoms with Gasteiger partial charge < -0.3 is 10.2 Å². The summed E-state index contributed by atoms with van der Waals surface area (Å²) in [7, 11) is 1.94. The molecule has 1 aromatic rings. The van der Waals surface area contributed by atoms with E-state index in [2.05, 4.69) is 5.32 Å². The molecule has 0 saturated carbocycles. The Morgan fingerprint density at radius 2 is 2.17 bits per heavy atom. The first-order chi connectivity index (χ1) is 8.70. The number of carbonyl (C=O) groups excluding carboxylic acids is 1. The van der Waals surface area contributed by atoms with Crippen LogP contribution in [0.3, 0.4) is 0 Å². The first-order valence-electron chi connectivity index (χ1n) is 6.40. The number of hydrogen-bond acceptors (Lipinski definition) is 2. The van der Waals surface area contributed by atoms with Crippen molar-refractivity contribution < 1.29 is 9.18 Å². The molecule has 18 heavy (non-hydrogen) atoms. The summed E-state index contributed by atoms with van der Waals surface area (Å²) < 4.78 is 12.8. The fourth-order valence-corrected chi connectivity index (χ4v) is 2.38. The van der Waals surface area contributed by atoms with Gasteiger partial charge in [-0.25, -0.2) is 4.39 Å². The molecule has 1 aromatic carbocycles. The predicted octanol–water partition coefficient (Wildman–Crippen LogP) is 1.90. The zero-order valence-corrected chi connectivity index (χ0v) is 10.7. The molecule has 1 amide bonds. The molecule has 0 bridgehead atoms. The maximum atomic E-state index is 12.8. The second-order valence-corrected chi connectivity index (χ2v) is 4.80. The van der Waals surface area contributed by atoms with Gasteiger partial charge in [-0.15, -0.1) is 0 Å². The maximum absolute atomic E-state index is 12.8. The molecule has 1 unspecified atom stereocenters. The Bertz CT molecular complexity index is 405. The molecule has 98 valence electrons. The zero-order chi connectivity index (χ0) is 13.0. The van der Waals surface area contributed by atoms with Crippen molar-refractivity contribution in [3.8, 4) is 0 Å². The third kappa shape index (κ3) is 3.07. The van der Waals surface area contributed by atoms with Crippen molar-refractivity contribution in [3.05, 3.63) is 35.6 Å². The molecule has 1 heterocycles. The smallest absolute Gasteiger partial charge is 0.253 e. The normalized spacial score (nSPS) is 19.2. The van der Waals surface area contributed by atoms with Crippen LogP contribution in [0.15, 0.2) is 24.3 Å². The summed E-state index contributed by atoms with van der Waals surface area (Å²) in [5, 5.41) is 3.13. The molecule has 1 N–H and O–H groups in total. The van der Waals surface area contributed by atoms with Gasteiger partial charge >= 0.3 is 0 Å². The molecule has 1 aliphatic heterocycles. The molecular weight excluding hydrogens is 231 g/mol. The average Bonchev–Trinajstić information content (AvgIpc) is 2.85. The summed E-state index contributed by atoms with van der Waals surface area (Å²) >= 11 is 0. The summed E-state index contributed by atoms with van der Waals surface area (Å²) in [6, 6.07) is 5.78. The summed E-state index contributed by atoms with van der Waals surface area (Å²) in [6.07, 6.45) is 2.16. The molecule has 0 radical (unpaired) electrons. The number of carbonyl (C=O) groups is 1. The van der Waals surface area contributed by atoms with E-state index in [0.29, 0.717) is 11.5 Å². The Kier molecular flexibility index (Phi) is 4.31. The van der Waals surface area contributed by atoms with Crippen LogP contribution in [0.1, 0.15) is 23.2 Å². The number of rotatable bonds is 4. The molecule has 1 aliphatic rings. The summed E-state index contributed by atoms with van der Waals surface area (Å²) in [5.41, 5.74) is 0.575. The largest absolute Gasteiger partial charge is 0.338 e. The standard InChI is InChI=1S/C14H19FN2O/c1-16-8-6-11-7-9-17(10-11)14(18)12-2-4-13(15)5-3-12/h2-5,11,16H,6-10H2,1H3. The minimum absolute atomic E-state index is 0.0157. The second kappa shape index (κ2) is 5.96. The van der Waals surface area contributed by atoms with Crippen LogP contribution in [0.5, 0.6) is 0 Å². The van der Waals surface area contributed by atoms with E-state index in [1.54, 1.807) is 12.1 Å². The van der Waals surface area contributed by atoms with Gasteiger partial charge in [0.25, 0.3) is 5.91 Å². The fourth-order valence-electron chi connectivity index (χ4n) is 2.38. The molecule has 1 saturated heterocycles. The first kappa shape index (κ1) is 13.0. The van der Waals surface area contributed by atoms with Crippen LogP contribution in [-0.2, 0) is 0 Å². The second-order valence-electron chi connectivity index (χ2n) is 4.80. The topological polar surface area (TPSA) is 32.3 Å². The van der Waals surface area contributed by atoms with Crippen LogP contribution in [0.4, 0.5) is 4.39 Å². The van der Waals surface area contributed by atoms with Gasteiger partial charge in [-0.2, -0.15) is 0 Å². The minimum atomic E-state index is -0.306. The van der Waals surface area contributed by atoms with Gasteiger partial charge in [0.2, 0.25) is 0 Å². The average molecular weight is 250 g/mol. The number of amides is 1. The van der Waals surface area contributed by atoms with E-state index >= 15 is 0 Å². The lowest BCUT2D eigenvalue weighted by Crippen LogP contribution is -2.29. The van der Waals surface area contributed by atoms with E-state index in [-0.39, 0.29) is 11.7 Å². The van der Waals surface area contributed by atoms with Crippen molar-refractivity contribution in [2.24, 2.45) is 5.92 Å². The molecular formula is C14H19FN2O. The highest BCUT2D eigenvalue weighted by Gasteiger charge is 2.26. The molecule has 0 aromatic heterocycles. The molecule has 4 heteroatoms. The van der Waals surface area contributed by atoms with E-state index in [1.807, 2.05) is 11.9 Å². The van der Waals surface area contributed by atoms with E-state index in [1.165, 1.54) is 12.1 Å². The summed E-state index contributed by atoms with van der Waals surface area (Å²) in [5.74, 6) is 0.295. The zero-order valence-electron chi connectivity index (χ0n) is 10.7. The van der Waals surface area contributed by atoms with Crippen molar-refractivity contribution in [2.75, 3.05) is 26.7 Å². The molecule has 3 nitrogen and oxygen atoms in total. The Morgan fingerprint density at radius 3 is 2.83 bits per heavy atom. The lowest BCUT2D eigenvalue weighted by Gasteiger charge is -2.16. The first-order valence-corrected chi connectivity index (χ1v) is 6.40. The molecule has 0 aliphatic carbocycles. The summed E-state index contributed by atoms with van der Waals surface area (Å²) in [6.45, 7) is 2.62. The highest BCUT2D eigenvalue weighted by molar-refractivity contribution is 5.94. The van der Waals surface area contributed by atoms with Crippen LogP contribution in [0, 0.1) is 11.7 Å². The van der Waals surface area contributed by atoms with Crippen LogP contribution in [0.2, 0.25) is 0 Å². The van der Waals surface area contributed by atoms with Crippen LogP contribution < -0.4 is 5.32 Å². The lowest BCUT2D eigenvalue weighted by atomic mass is 10.1. The number of likely N-dealkylation sites (tertiary alicyclic amines) is 1. The third-order valence-corrected chi connectivity index (χ3v) is 3.47. The third-order valence-electron chi connectivity index (χ3n) is 3.47. The molecule has 1 fully saturated rings. The van der Waals surface area contributed by atoms with Crippen LogP contribution >= 0.6 is 0 Å². The number of benzene rings is 1. The van der Waals surface area contributed by atoms with E-state index in [9.17, 15) is 9.18 Å². The number of nitrogens with zero attached hydrogens (tertiary/aromatic N) is 1. The van der Waals surface area contributed by atoms with Crippen molar-refractivity contribution in [3.63, 3.8) is 0 Å². The maximum Gasteiger partial charge on any atom is 0.253 e. The molecule has 0 spiro atoms. The fraction of sp³-hybridized carbons (Fsp3) is 0.500. The van der Waals surface area contributed by atoms with Gasteiger partial charge in [-0.05, 0) is 56.6 Å². The van der Waals surface area contributed by atoms with Gasteiger partial charge in [-0.1, -0.05) is 0 Å². The van der Waals surface area contributed by atoms with E-state index in [0.717, 1.165) is 32.5 Å². The summed E-state index contributed by atoms with van der Waals surface area (Å²) in [4.78, 5) is 14.0. The highest BCUT2D eigenvalue weighted by atomic mass is 19.1. The van der Waals surface area contributed by atoms with Crippen LogP contribution in [0.25, 0.3) is 0 Å². The Morgan fingerprint density at radius 1 is 1.44 bits per heavy atom. The number of hydrogen-bond donors (Lipinski definition) is 1. The van der Waals surface area contributed by atoms with Gasteiger partial charge in [-0.3, -0.25) is 4.79 Å². The molecule has 2 rings (SSSR count). The van der Waals surface area contributed by atoms with Crippen molar-refractivity contribution >= 4 is 5.91 Å². The Labute approximate surface area is 107 Å². The quantitative estimate of drug-likeness (QED) is 0.885. The Hall–Kier alpha value is -1.42. The number of halogens is 1. The van der Waals surface area contributed by atoms with Crippen molar-refractivity contribution in [2.45, 2.75) is 12.8 Å². The van der Waals surface area contributed by atoms with Gasteiger partial charge in [0.15, 0.2) is 0 Å².